The third-order valence-corrected chi connectivity index (χ3v) is 7.21. The van der Waals surface area contributed by atoms with Gasteiger partial charge in [0.15, 0.2) is 0 Å². The summed E-state index contributed by atoms with van der Waals surface area (Å²) in [6.07, 6.45) is 10.7. The average Bonchev–Trinajstić information content (AvgIpc) is 2.97. The number of aryl methyl sites for hydroxylation is 2. The molecule has 3 heteroatoms. The quantitative estimate of drug-likeness (QED) is 0.0992. The van der Waals surface area contributed by atoms with Crippen LogP contribution in [0.15, 0.2) is 91.0 Å². The largest absolute Gasteiger partial charge is 0.423 e. The van der Waals surface area contributed by atoms with E-state index in [-0.39, 0.29) is 5.56 Å². The fraction of sp³-hybridized carbons (Fsp3) is 0.306. The molecule has 0 amide bonds. The van der Waals surface area contributed by atoms with Crippen LogP contribution in [0.1, 0.15) is 80.3 Å². The zero-order valence-electron chi connectivity index (χ0n) is 23.2. The molecule has 0 atom stereocenters. The van der Waals surface area contributed by atoms with Crippen molar-refractivity contribution in [1.29, 1.82) is 0 Å². The second-order valence-corrected chi connectivity index (χ2v) is 10.3. The molecule has 0 bridgehead atoms. The van der Waals surface area contributed by atoms with Crippen LogP contribution >= 0.6 is 0 Å². The van der Waals surface area contributed by atoms with Crippen LogP contribution in [-0.2, 0) is 12.8 Å². The SMILES string of the molecule is CCCCCCc1ccc(-c2ccc(C(=O)Oc3ccc(-c4ccc(CCCCC)cc4)cc3)cc2F)cc1. The van der Waals surface area contributed by atoms with Crippen molar-refractivity contribution in [1.82, 2.24) is 0 Å². The summed E-state index contributed by atoms with van der Waals surface area (Å²) in [6, 6.07) is 28.6. The minimum atomic E-state index is -0.577. The first-order valence-corrected chi connectivity index (χ1v) is 14.4. The zero-order valence-corrected chi connectivity index (χ0v) is 23.2. The maximum Gasteiger partial charge on any atom is 0.343 e. The molecule has 0 fully saturated rings. The molecule has 0 aliphatic rings. The molecule has 4 rings (SSSR count). The van der Waals surface area contributed by atoms with Gasteiger partial charge in [-0.05, 0) is 77.8 Å². The molecule has 0 heterocycles. The van der Waals surface area contributed by atoms with Crippen LogP contribution in [0.5, 0.6) is 5.75 Å². The van der Waals surface area contributed by atoms with Crippen molar-refractivity contribution in [3.05, 3.63) is 114 Å². The van der Waals surface area contributed by atoms with Crippen molar-refractivity contribution >= 4 is 5.97 Å². The van der Waals surface area contributed by atoms with E-state index in [1.165, 1.54) is 62.1 Å². The van der Waals surface area contributed by atoms with E-state index in [4.69, 9.17) is 4.74 Å². The van der Waals surface area contributed by atoms with Crippen LogP contribution in [0, 0.1) is 5.82 Å². The Morgan fingerprint density at radius 1 is 0.615 bits per heavy atom. The molecular weight excluding hydrogens is 483 g/mol. The fourth-order valence-corrected chi connectivity index (χ4v) is 4.81. The number of carbonyl (C=O) groups excluding carboxylic acids is 1. The van der Waals surface area contributed by atoms with Gasteiger partial charge in [0.05, 0.1) is 5.56 Å². The highest BCUT2D eigenvalue weighted by atomic mass is 19.1. The molecule has 0 N–H and O–H groups in total. The van der Waals surface area contributed by atoms with E-state index in [0.29, 0.717) is 11.3 Å². The first-order chi connectivity index (χ1) is 19.1. The molecule has 0 aromatic heterocycles. The predicted molar refractivity (Wildman–Crippen MR) is 160 cm³/mol. The molecule has 0 saturated carbocycles. The first-order valence-electron chi connectivity index (χ1n) is 14.4. The average molecular weight is 523 g/mol. The summed E-state index contributed by atoms with van der Waals surface area (Å²) in [7, 11) is 0. The van der Waals surface area contributed by atoms with Crippen molar-refractivity contribution < 1.29 is 13.9 Å². The number of carbonyl (C=O) groups is 1. The van der Waals surface area contributed by atoms with E-state index in [1.807, 2.05) is 24.3 Å². The third kappa shape index (κ3) is 8.13. The van der Waals surface area contributed by atoms with E-state index in [2.05, 4.69) is 50.2 Å². The number of unbranched alkanes of at least 4 members (excludes halogenated alkanes) is 5. The summed E-state index contributed by atoms with van der Waals surface area (Å²) in [6.45, 7) is 4.43. The van der Waals surface area contributed by atoms with Gasteiger partial charge < -0.3 is 4.74 Å². The smallest absolute Gasteiger partial charge is 0.343 e. The molecule has 0 saturated heterocycles. The van der Waals surface area contributed by atoms with Gasteiger partial charge in [-0.3, -0.25) is 0 Å². The summed E-state index contributed by atoms with van der Waals surface area (Å²) in [5.74, 6) is -0.584. The maximum absolute atomic E-state index is 15.0. The number of rotatable bonds is 13. The predicted octanol–water partition coefficient (Wildman–Crippen LogP) is 10.2. The number of benzene rings is 4. The molecule has 4 aromatic carbocycles. The molecule has 0 spiro atoms. The molecule has 0 aliphatic heterocycles. The highest BCUT2D eigenvalue weighted by Crippen LogP contribution is 2.27. The fourth-order valence-electron chi connectivity index (χ4n) is 4.81. The lowest BCUT2D eigenvalue weighted by Gasteiger charge is -2.09. The summed E-state index contributed by atoms with van der Waals surface area (Å²) < 4.78 is 20.5. The van der Waals surface area contributed by atoms with Gasteiger partial charge in [-0.1, -0.05) is 113 Å². The highest BCUT2D eigenvalue weighted by molar-refractivity contribution is 5.91. The second-order valence-electron chi connectivity index (χ2n) is 10.3. The molecular formula is C36H39FO2. The van der Waals surface area contributed by atoms with Gasteiger partial charge in [-0.2, -0.15) is 0 Å². The number of hydrogen-bond acceptors (Lipinski definition) is 2. The van der Waals surface area contributed by atoms with Crippen LogP contribution in [0.2, 0.25) is 0 Å². The monoisotopic (exact) mass is 522 g/mol. The van der Waals surface area contributed by atoms with Crippen LogP contribution < -0.4 is 4.74 Å². The molecule has 4 aromatic rings. The molecule has 202 valence electrons. The first kappa shape index (κ1) is 28.3. The number of hydrogen-bond donors (Lipinski definition) is 0. The van der Waals surface area contributed by atoms with Gasteiger partial charge in [-0.15, -0.1) is 0 Å². The van der Waals surface area contributed by atoms with Crippen LogP contribution in [0.25, 0.3) is 22.3 Å². The highest BCUT2D eigenvalue weighted by Gasteiger charge is 2.13. The Kier molecular flexibility index (Phi) is 10.5. The Hall–Kier alpha value is -3.72. The molecule has 0 aliphatic carbocycles. The topological polar surface area (TPSA) is 26.3 Å². The number of ether oxygens (including phenoxy) is 1. The van der Waals surface area contributed by atoms with Crippen LogP contribution in [0.4, 0.5) is 4.39 Å². The minimum Gasteiger partial charge on any atom is -0.423 e. The van der Waals surface area contributed by atoms with E-state index in [0.717, 1.165) is 29.5 Å². The Morgan fingerprint density at radius 2 is 1.13 bits per heavy atom. The summed E-state index contributed by atoms with van der Waals surface area (Å²) in [5, 5.41) is 0. The molecule has 0 radical (unpaired) electrons. The Balaban J connectivity index is 1.35. The minimum absolute atomic E-state index is 0.187. The maximum atomic E-state index is 15.0. The number of esters is 1. The Morgan fingerprint density at radius 3 is 1.69 bits per heavy atom. The van der Waals surface area contributed by atoms with Gasteiger partial charge in [0.1, 0.15) is 11.6 Å². The lowest BCUT2D eigenvalue weighted by Crippen LogP contribution is -2.09. The molecule has 0 unspecified atom stereocenters. The van der Waals surface area contributed by atoms with Crippen molar-refractivity contribution in [2.24, 2.45) is 0 Å². The van der Waals surface area contributed by atoms with Crippen molar-refractivity contribution in [3.63, 3.8) is 0 Å². The Labute approximate surface area is 232 Å². The van der Waals surface area contributed by atoms with E-state index < -0.39 is 11.8 Å². The van der Waals surface area contributed by atoms with Gasteiger partial charge in [0.25, 0.3) is 0 Å². The summed E-state index contributed by atoms with van der Waals surface area (Å²) in [4.78, 5) is 12.7. The standard InChI is InChI=1S/C36H39FO2/c1-3-5-7-9-11-28-14-18-31(19-15-28)34-25-22-32(26-35(34)37)36(38)39-33-23-20-30(21-24-33)29-16-12-27(13-17-29)10-8-6-4-2/h12-26H,3-11H2,1-2H3. The third-order valence-electron chi connectivity index (χ3n) is 7.21. The van der Waals surface area contributed by atoms with Crippen molar-refractivity contribution in [2.75, 3.05) is 0 Å². The molecule has 39 heavy (non-hydrogen) atoms. The van der Waals surface area contributed by atoms with E-state index in [9.17, 15) is 9.18 Å². The zero-order chi connectivity index (χ0) is 27.5. The lowest BCUT2D eigenvalue weighted by atomic mass is 9.99. The van der Waals surface area contributed by atoms with Gasteiger partial charge >= 0.3 is 5.97 Å². The van der Waals surface area contributed by atoms with Crippen molar-refractivity contribution in [3.8, 4) is 28.0 Å². The van der Waals surface area contributed by atoms with Crippen molar-refractivity contribution in [2.45, 2.75) is 71.6 Å². The summed E-state index contributed by atoms with van der Waals surface area (Å²) >= 11 is 0. The normalized spacial score (nSPS) is 10.9. The summed E-state index contributed by atoms with van der Waals surface area (Å²) in [5.41, 5.74) is 6.25. The second kappa shape index (κ2) is 14.4. The van der Waals surface area contributed by atoms with E-state index >= 15 is 0 Å². The van der Waals surface area contributed by atoms with Gasteiger partial charge in [0.2, 0.25) is 0 Å². The van der Waals surface area contributed by atoms with E-state index in [1.54, 1.807) is 24.3 Å². The van der Waals surface area contributed by atoms with Gasteiger partial charge in [-0.25, -0.2) is 9.18 Å². The van der Waals surface area contributed by atoms with Gasteiger partial charge in [0, 0.05) is 5.56 Å². The number of halogens is 1. The van der Waals surface area contributed by atoms with Crippen LogP contribution in [0.3, 0.4) is 0 Å². The molecule has 2 nitrogen and oxygen atoms in total. The Bertz CT molecular complexity index is 1320. The van der Waals surface area contributed by atoms with Crippen LogP contribution in [-0.4, -0.2) is 5.97 Å². The lowest BCUT2D eigenvalue weighted by molar-refractivity contribution is 0.0734.